The highest BCUT2D eigenvalue weighted by molar-refractivity contribution is 5.94. The molecule has 0 aromatic heterocycles. The van der Waals surface area contributed by atoms with Crippen molar-refractivity contribution < 1.29 is 23.4 Å². The van der Waals surface area contributed by atoms with Crippen LogP contribution in [0, 0.1) is 17.6 Å². The van der Waals surface area contributed by atoms with Crippen molar-refractivity contribution in [1.82, 2.24) is 4.90 Å². The molecule has 114 valence electrons. The molecule has 1 saturated heterocycles. The molecule has 1 amide bonds. The van der Waals surface area contributed by atoms with Crippen molar-refractivity contribution in [3.05, 3.63) is 29.3 Å². The maximum Gasteiger partial charge on any atom is 0.257 e. The average Bonchev–Trinajstić information content (AvgIpc) is 3.28. The molecule has 4 nitrogen and oxygen atoms in total. The molecule has 1 aromatic rings. The first-order chi connectivity index (χ1) is 9.97. The van der Waals surface area contributed by atoms with Gasteiger partial charge >= 0.3 is 0 Å². The molecule has 2 aliphatic rings. The first-order valence-electron chi connectivity index (χ1n) is 7.09. The molecule has 1 aromatic carbocycles. The Morgan fingerprint density at radius 3 is 2.67 bits per heavy atom. The van der Waals surface area contributed by atoms with Crippen molar-refractivity contribution in [3.8, 4) is 5.75 Å². The van der Waals surface area contributed by atoms with Gasteiger partial charge in [-0.05, 0) is 37.8 Å². The summed E-state index contributed by atoms with van der Waals surface area (Å²) in [4.78, 5) is 13.9. The van der Waals surface area contributed by atoms with Crippen molar-refractivity contribution in [3.63, 3.8) is 0 Å². The van der Waals surface area contributed by atoms with E-state index in [0.717, 1.165) is 25.0 Å². The molecule has 3 rings (SSSR count). The second-order valence-corrected chi connectivity index (χ2v) is 5.79. The first-order valence-corrected chi connectivity index (χ1v) is 7.09. The summed E-state index contributed by atoms with van der Waals surface area (Å²) in [6, 6.07) is 2.11. The third-order valence-electron chi connectivity index (χ3n) is 4.01. The fourth-order valence-electron chi connectivity index (χ4n) is 2.76. The zero-order valence-electron chi connectivity index (χ0n) is 11.7. The summed E-state index contributed by atoms with van der Waals surface area (Å²) in [6.45, 7) is 2.61. The van der Waals surface area contributed by atoms with E-state index < -0.39 is 23.3 Å². The Labute approximate surface area is 121 Å². The lowest BCUT2D eigenvalue weighted by Gasteiger charge is -2.37. The van der Waals surface area contributed by atoms with Crippen LogP contribution in [0.1, 0.15) is 30.1 Å². The standard InChI is InChI=1S/C15H17F2NO3/c1-8-6-18(7-12(21-8)9-2-3-9)15(20)10-4-5-11(19)14(17)13(10)16/h4-5,8-9,12,19H,2-3,6-7H2,1H3. The molecular formula is C15H17F2NO3. The number of aromatic hydroxyl groups is 1. The number of amides is 1. The fourth-order valence-corrected chi connectivity index (χ4v) is 2.76. The molecule has 0 bridgehead atoms. The Morgan fingerprint density at radius 1 is 1.29 bits per heavy atom. The minimum Gasteiger partial charge on any atom is -0.505 e. The van der Waals surface area contributed by atoms with E-state index >= 15 is 0 Å². The Hall–Kier alpha value is -1.69. The van der Waals surface area contributed by atoms with Crippen LogP contribution in [0.25, 0.3) is 0 Å². The number of phenolic OH excluding ortho intramolecular Hbond substituents is 1. The van der Waals surface area contributed by atoms with Crippen LogP contribution in [0.3, 0.4) is 0 Å². The molecule has 1 aliphatic carbocycles. The van der Waals surface area contributed by atoms with Crippen LogP contribution in [0.5, 0.6) is 5.75 Å². The smallest absolute Gasteiger partial charge is 0.257 e. The molecule has 1 N–H and O–H groups in total. The van der Waals surface area contributed by atoms with Crippen LogP contribution in [0.15, 0.2) is 12.1 Å². The quantitative estimate of drug-likeness (QED) is 0.911. The normalized spacial score (nSPS) is 26.0. The van der Waals surface area contributed by atoms with Crippen LogP contribution >= 0.6 is 0 Å². The largest absolute Gasteiger partial charge is 0.505 e. The van der Waals surface area contributed by atoms with E-state index in [9.17, 15) is 13.6 Å². The Morgan fingerprint density at radius 2 is 2.00 bits per heavy atom. The van der Waals surface area contributed by atoms with E-state index in [2.05, 4.69) is 0 Å². The van der Waals surface area contributed by atoms with Gasteiger partial charge in [0.2, 0.25) is 5.82 Å². The summed E-state index contributed by atoms with van der Waals surface area (Å²) in [5.74, 6) is -3.59. The summed E-state index contributed by atoms with van der Waals surface area (Å²) in [6.07, 6.45) is 2.02. The number of hydrogen-bond donors (Lipinski definition) is 1. The summed E-state index contributed by atoms with van der Waals surface area (Å²) in [5.41, 5.74) is -0.353. The zero-order chi connectivity index (χ0) is 15.1. The number of morpholine rings is 1. The highest BCUT2D eigenvalue weighted by Crippen LogP contribution is 2.37. The van der Waals surface area contributed by atoms with Crippen LogP contribution in [-0.2, 0) is 4.74 Å². The maximum absolute atomic E-state index is 13.8. The lowest BCUT2D eigenvalue weighted by Crippen LogP contribution is -2.50. The lowest BCUT2D eigenvalue weighted by molar-refractivity contribution is -0.0762. The summed E-state index contributed by atoms with van der Waals surface area (Å²) in [7, 11) is 0. The van der Waals surface area contributed by atoms with Crippen molar-refractivity contribution in [1.29, 1.82) is 0 Å². The second-order valence-electron chi connectivity index (χ2n) is 5.79. The van der Waals surface area contributed by atoms with Crippen LogP contribution in [0.4, 0.5) is 8.78 Å². The van der Waals surface area contributed by atoms with Crippen LogP contribution < -0.4 is 0 Å². The number of carbonyl (C=O) groups excluding carboxylic acids is 1. The summed E-state index contributed by atoms with van der Waals surface area (Å²) >= 11 is 0. The number of nitrogens with zero attached hydrogens (tertiary/aromatic N) is 1. The lowest BCUT2D eigenvalue weighted by atomic mass is 10.1. The summed E-state index contributed by atoms with van der Waals surface area (Å²) < 4.78 is 33.0. The van der Waals surface area contributed by atoms with E-state index in [0.29, 0.717) is 19.0 Å². The topological polar surface area (TPSA) is 49.8 Å². The Kier molecular flexibility index (Phi) is 3.57. The number of ether oxygens (including phenoxy) is 1. The third kappa shape index (κ3) is 2.72. The fraction of sp³-hybridized carbons (Fsp3) is 0.533. The predicted octanol–water partition coefficient (Wildman–Crippen LogP) is 2.31. The second kappa shape index (κ2) is 5.26. The van der Waals surface area contributed by atoms with E-state index in [1.807, 2.05) is 6.92 Å². The van der Waals surface area contributed by atoms with Gasteiger partial charge in [0.1, 0.15) is 0 Å². The minimum atomic E-state index is -1.39. The van der Waals surface area contributed by atoms with Crippen molar-refractivity contribution in [2.24, 2.45) is 5.92 Å². The Bertz CT molecular complexity index is 574. The highest BCUT2D eigenvalue weighted by Gasteiger charge is 2.39. The summed E-state index contributed by atoms with van der Waals surface area (Å²) in [5, 5.41) is 9.12. The molecule has 2 fully saturated rings. The molecule has 6 heteroatoms. The molecule has 0 spiro atoms. The monoisotopic (exact) mass is 297 g/mol. The first kappa shape index (κ1) is 14.3. The molecule has 0 radical (unpaired) electrons. The van der Waals surface area contributed by atoms with E-state index in [1.54, 1.807) is 0 Å². The minimum absolute atomic E-state index is 0.0253. The van der Waals surface area contributed by atoms with Gasteiger partial charge < -0.3 is 14.7 Å². The van der Waals surface area contributed by atoms with Gasteiger partial charge in [-0.15, -0.1) is 0 Å². The number of benzene rings is 1. The SMILES string of the molecule is CC1CN(C(=O)c2ccc(O)c(F)c2F)CC(C2CC2)O1. The molecular weight excluding hydrogens is 280 g/mol. The van der Waals surface area contributed by atoms with Crippen molar-refractivity contribution in [2.45, 2.75) is 32.0 Å². The van der Waals surface area contributed by atoms with Gasteiger partial charge in [-0.25, -0.2) is 4.39 Å². The van der Waals surface area contributed by atoms with Gasteiger partial charge in [0, 0.05) is 13.1 Å². The number of carbonyl (C=O) groups is 1. The van der Waals surface area contributed by atoms with Gasteiger partial charge in [-0.1, -0.05) is 0 Å². The molecule has 1 saturated carbocycles. The molecule has 2 atom stereocenters. The molecule has 1 aliphatic heterocycles. The van der Waals surface area contributed by atoms with E-state index in [-0.39, 0.29) is 17.8 Å². The average molecular weight is 297 g/mol. The van der Waals surface area contributed by atoms with Crippen molar-refractivity contribution in [2.75, 3.05) is 13.1 Å². The van der Waals surface area contributed by atoms with Gasteiger partial charge in [0.25, 0.3) is 5.91 Å². The van der Waals surface area contributed by atoms with Gasteiger partial charge in [-0.2, -0.15) is 4.39 Å². The van der Waals surface area contributed by atoms with Crippen LogP contribution in [-0.4, -0.2) is 41.2 Å². The number of phenols is 1. The van der Waals surface area contributed by atoms with Crippen LogP contribution in [0.2, 0.25) is 0 Å². The number of halogens is 2. The molecule has 1 heterocycles. The van der Waals surface area contributed by atoms with E-state index in [1.165, 1.54) is 4.90 Å². The zero-order valence-corrected chi connectivity index (χ0v) is 11.7. The molecule has 2 unspecified atom stereocenters. The third-order valence-corrected chi connectivity index (χ3v) is 4.01. The van der Waals surface area contributed by atoms with Gasteiger partial charge in [-0.3, -0.25) is 4.79 Å². The molecule has 21 heavy (non-hydrogen) atoms. The number of hydrogen-bond acceptors (Lipinski definition) is 3. The number of rotatable bonds is 2. The van der Waals surface area contributed by atoms with Gasteiger partial charge in [0.15, 0.2) is 11.6 Å². The Balaban J connectivity index is 1.82. The predicted molar refractivity (Wildman–Crippen MR) is 71.0 cm³/mol. The van der Waals surface area contributed by atoms with E-state index in [4.69, 9.17) is 9.84 Å². The maximum atomic E-state index is 13.8. The highest BCUT2D eigenvalue weighted by atomic mass is 19.2. The van der Waals surface area contributed by atoms with Crippen molar-refractivity contribution >= 4 is 5.91 Å². The van der Waals surface area contributed by atoms with Gasteiger partial charge in [0.05, 0.1) is 17.8 Å².